The number of benzene rings is 3. The summed E-state index contributed by atoms with van der Waals surface area (Å²) in [7, 11) is 1.60. The molecular formula is C27H25F3N2O4. The van der Waals surface area contributed by atoms with Gasteiger partial charge in [0.15, 0.2) is 0 Å². The summed E-state index contributed by atoms with van der Waals surface area (Å²) in [6.07, 6.45) is -4.43. The average Bonchev–Trinajstić information content (AvgIpc) is 3.66. The summed E-state index contributed by atoms with van der Waals surface area (Å²) in [5.74, 6) is -2.67. The Balaban J connectivity index is 1.46. The van der Waals surface area contributed by atoms with E-state index >= 15 is 0 Å². The highest BCUT2D eigenvalue weighted by Crippen LogP contribution is 2.42. The van der Waals surface area contributed by atoms with E-state index < -0.39 is 23.8 Å². The lowest BCUT2D eigenvalue weighted by atomic mass is 10.1. The summed E-state index contributed by atoms with van der Waals surface area (Å²) in [6, 6.07) is 21.2. The van der Waals surface area contributed by atoms with Crippen molar-refractivity contribution in [1.82, 2.24) is 10.6 Å². The molecule has 0 aliphatic heterocycles. The van der Waals surface area contributed by atoms with Gasteiger partial charge >= 0.3 is 12.1 Å². The van der Waals surface area contributed by atoms with Gasteiger partial charge in [-0.1, -0.05) is 48.5 Å². The van der Waals surface area contributed by atoms with Crippen LogP contribution in [0, 0.1) is 0 Å². The number of rotatable bonds is 9. The summed E-state index contributed by atoms with van der Waals surface area (Å²) in [5.41, 5.74) is 2.39. The average molecular weight is 499 g/mol. The predicted octanol–water partition coefficient (Wildman–Crippen LogP) is 4.74. The molecule has 9 heteroatoms. The lowest BCUT2D eigenvalue weighted by molar-refractivity contribution is -0.189. The van der Waals surface area contributed by atoms with Crippen LogP contribution in [0.5, 0.6) is 11.5 Å². The minimum absolute atomic E-state index is 0.0142. The number of alkyl halides is 3. The van der Waals surface area contributed by atoms with E-state index in [9.17, 15) is 22.8 Å². The van der Waals surface area contributed by atoms with E-state index in [4.69, 9.17) is 4.74 Å². The third-order valence-corrected chi connectivity index (χ3v) is 5.90. The fourth-order valence-corrected chi connectivity index (χ4v) is 3.89. The molecule has 188 valence electrons. The molecular weight excluding hydrogens is 473 g/mol. The van der Waals surface area contributed by atoms with Crippen LogP contribution in [0.2, 0.25) is 0 Å². The molecule has 0 spiro atoms. The van der Waals surface area contributed by atoms with Gasteiger partial charge < -0.3 is 20.1 Å². The normalized spacial score (nSPS) is 16.8. The molecule has 2 N–H and O–H groups in total. The van der Waals surface area contributed by atoms with E-state index in [2.05, 4.69) is 15.4 Å². The first-order chi connectivity index (χ1) is 17.2. The molecule has 2 atom stereocenters. The summed E-state index contributed by atoms with van der Waals surface area (Å²) in [4.78, 5) is 24.3. The van der Waals surface area contributed by atoms with Gasteiger partial charge in [-0.15, -0.1) is 0 Å². The Morgan fingerprint density at radius 3 is 2.42 bits per heavy atom. The Morgan fingerprint density at radius 1 is 0.944 bits per heavy atom. The Bertz CT molecular complexity index is 1230. The van der Waals surface area contributed by atoms with E-state index in [0.29, 0.717) is 12.1 Å². The maximum absolute atomic E-state index is 12.9. The molecule has 1 aliphatic carbocycles. The molecule has 6 nitrogen and oxygen atoms in total. The fraction of sp³-hybridized carbons (Fsp3) is 0.259. The van der Waals surface area contributed by atoms with Crippen LogP contribution in [0.4, 0.5) is 13.2 Å². The number of hydrogen-bond donors (Lipinski definition) is 2. The molecule has 1 aliphatic rings. The number of methoxy groups -OCH3 is 1. The maximum atomic E-state index is 12.9. The van der Waals surface area contributed by atoms with Gasteiger partial charge in [-0.25, -0.2) is 4.79 Å². The van der Waals surface area contributed by atoms with Crippen molar-refractivity contribution in [3.63, 3.8) is 0 Å². The second-order valence-electron chi connectivity index (χ2n) is 8.49. The summed E-state index contributed by atoms with van der Waals surface area (Å²) >= 11 is 0. The van der Waals surface area contributed by atoms with Crippen molar-refractivity contribution < 1.29 is 32.2 Å². The van der Waals surface area contributed by atoms with Gasteiger partial charge in [0, 0.05) is 25.0 Å². The number of amides is 1. The largest absolute Gasteiger partial charge is 0.497 e. The van der Waals surface area contributed by atoms with Gasteiger partial charge in [0.25, 0.3) is 5.91 Å². The molecule has 0 heterocycles. The lowest BCUT2D eigenvalue weighted by Gasteiger charge is -2.14. The number of hydrogen-bond acceptors (Lipinski definition) is 5. The van der Waals surface area contributed by atoms with E-state index in [1.165, 1.54) is 12.1 Å². The number of nitrogens with one attached hydrogen (secondary N) is 2. The number of esters is 1. The molecule has 0 saturated heterocycles. The predicted molar refractivity (Wildman–Crippen MR) is 127 cm³/mol. The molecule has 1 saturated carbocycles. The quantitative estimate of drug-likeness (QED) is 0.329. The van der Waals surface area contributed by atoms with Crippen LogP contribution >= 0.6 is 0 Å². The van der Waals surface area contributed by atoms with Crippen LogP contribution in [0.3, 0.4) is 0 Å². The molecule has 3 aromatic carbocycles. The van der Waals surface area contributed by atoms with Gasteiger partial charge in [0.1, 0.15) is 11.5 Å². The third kappa shape index (κ3) is 6.42. The number of carbonyl (C=O) groups excluding carboxylic acids is 2. The van der Waals surface area contributed by atoms with Crippen molar-refractivity contribution >= 4 is 11.9 Å². The van der Waals surface area contributed by atoms with Gasteiger partial charge in [-0.2, -0.15) is 13.2 Å². The van der Waals surface area contributed by atoms with Gasteiger partial charge in [0.05, 0.1) is 12.7 Å². The smallest absolute Gasteiger partial charge is 0.491 e. The van der Waals surface area contributed by atoms with Crippen LogP contribution < -0.4 is 20.1 Å². The molecule has 4 rings (SSSR count). The SMILES string of the molecule is COc1cccc(CNC2CC2c2ccc(C(=O)NCc3ccccc3)c(OC(=O)C(F)(F)F)c2)c1. The van der Waals surface area contributed by atoms with E-state index in [-0.39, 0.29) is 24.1 Å². The highest BCUT2D eigenvalue weighted by atomic mass is 19.4. The van der Waals surface area contributed by atoms with Crippen molar-refractivity contribution in [2.24, 2.45) is 0 Å². The minimum atomic E-state index is -5.19. The van der Waals surface area contributed by atoms with Crippen molar-refractivity contribution in [3.8, 4) is 11.5 Å². The molecule has 1 amide bonds. The molecule has 36 heavy (non-hydrogen) atoms. The fourth-order valence-electron chi connectivity index (χ4n) is 3.89. The van der Waals surface area contributed by atoms with Crippen molar-refractivity contribution in [3.05, 3.63) is 95.1 Å². The summed E-state index contributed by atoms with van der Waals surface area (Å²) < 4.78 is 48.5. The summed E-state index contributed by atoms with van der Waals surface area (Å²) in [6.45, 7) is 0.765. The van der Waals surface area contributed by atoms with Crippen molar-refractivity contribution in [1.29, 1.82) is 0 Å². The Morgan fingerprint density at radius 2 is 1.69 bits per heavy atom. The lowest BCUT2D eigenvalue weighted by Crippen LogP contribution is -2.30. The van der Waals surface area contributed by atoms with Gasteiger partial charge in [-0.05, 0) is 47.4 Å². The van der Waals surface area contributed by atoms with E-state index in [1.807, 2.05) is 30.3 Å². The summed E-state index contributed by atoms with van der Waals surface area (Å²) in [5, 5.41) is 6.06. The second kappa shape index (κ2) is 10.8. The number of ether oxygens (including phenoxy) is 2. The molecule has 1 fully saturated rings. The zero-order chi connectivity index (χ0) is 25.7. The number of halogens is 3. The zero-order valence-electron chi connectivity index (χ0n) is 19.5. The topological polar surface area (TPSA) is 76.7 Å². The monoisotopic (exact) mass is 498 g/mol. The highest BCUT2D eigenvalue weighted by molar-refractivity contribution is 5.98. The van der Waals surface area contributed by atoms with Crippen LogP contribution in [-0.4, -0.2) is 31.2 Å². The van der Waals surface area contributed by atoms with E-state index in [0.717, 1.165) is 23.3 Å². The Kier molecular flexibility index (Phi) is 7.59. The standard InChI is InChI=1S/C27H25F3N2O4/c1-35-20-9-5-8-18(12-20)16-31-23-14-22(23)19-10-11-21(24(13-19)36-26(34)27(28,29)30)25(33)32-15-17-6-3-2-4-7-17/h2-13,22-23,31H,14-16H2,1H3,(H,32,33). The first-order valence-electron chi connectivity index (χ1n) is 11.4. The maximum Gasteiger partial charge on any atom is 0.491 e. The van der Waals surface area contributed by atoms with Gasteiger partial charge in [0.2, 0.25) is 0 Å². The van der Waals surface area contributed by atoms with E-state index in [1.54, 1.807) is 37.4 Å². The number of carbonyl (C=O) groups is 2. The third-order valence-electron chi connectivity index (χ3n) is 5.90. The molecule has 0 radical (unpaired) electrons. The second-order valence-corrected chi connectivity index (χ2v) is 8.49. The molecule has 0 aromatic heterocycles. The Labute approximate surface area is 206 Å². The zero-order valence-corrected chi connectivity index (χ0v) is 19.5. The molecule has 3 aromatic rings. The van der Waals surface area contributed by atoms with Crippen LogP contribution in [0.25, 0.3) is 0 Å². The van der Waals surface area contributed by atoms with Crippen LogP contribution in [-0.2, 0) is 17.9 Å². The highest BCUT2D eigenvalue weighted by Gasteiger charge is 2.43. The van der Waals surface area contributed by atoms with Crippen LogP contribution in [0.1, 0.15) is 39.4 Å². The molecule has 2 unspecified atom stereocenters. The minimum Gasteiger partial charge on any atom is -0.497 e. The first-order valence-corrected chi connectivity index (χ1v) is 11.4. The van der Waals surface area contributed by atoms with Crippen LogP contribution in [0.15, 0.2) is 72.8 Å². The van der Waals surface area contributed by atoms with Gasteiger partial charge in [-0.3, -0.25) is 4.79 Å². The van der Waals surface area contributed by atoms with Crippen molar-refractivity contribution in [2.75, 3.05) is 7.11 Å². The Hall–Kier alpha value is -3.85. The van der Waals surface area contributed by atoms with Crippen molar-refractivity contribution in [2.45, 2.75) is 37.6 Å². The molecule has 0 bridgehead atoms. The first kappa shape index (κ1) is 25.2.